The highest BCUT2D eigenvalue weighted by Crippen LogP contribution is 2.35. The van der Waals surface area contributed by atoms with E-state index in [0.29, 0.717) is 18.0 Å². The van der Waals surface area contributed by atoms with Crippen molar-refractivity contribution in [1.82, 2.24) is 15.0 Å². The molecule has 1 saturated carbocycles. The fourth-order valence-corrected chi connectivity index (χ4v) is 4.66. The van der Waals surface area contributed by atoms with Crippen molar-refractivity contribution in [3.8, 4) is 11.1 Å². The first-order valence-electron chi connectivity index (χ1n) is 12.0. The van der Waals surface area contributed by atoms with Crippen LogP contribution in [0.3, 0.4) is 0 Å². The number of imidazole rings is 1. The van der Waals surface area contributed by atoms with Gasteiger partial charge in [0.2, 0.25) is 0 Å². The third kappa shape index (κ3) is 4.67. The molecule has 0 bridgehead atoms. The van der Waals surface area contributed by atoms with Crippen LogP contribution in [0.5, 0.6) is 0 Å². The van der Waals surface area contributed by atoms with Gasteiger partial charge in [0.05, 0.1) is 5.52 Å². The highest BCUT2D eigenvalue weighted by atomic mass is 19.1. The average molecular weight is 465 g/mol. The number of allylic oxidation sites excluding steroid dienone is 5. The molecule has 5 heteroatoms. The van der Waals surface area contributed by atoms with Crippen LogP contribution < -0.4 is 5.73 Å². The summed E-state index contributed by atoms with van der Waals surface area (Å²) in [6, 6.07) is 14.6. The lowest BCUT2D eigenvalue weighted by Gasteiger charge is -2.27. The van der Waals surface area contributed by atoms with E-state index in [0.717, 1.165) is 44.9 Å². The lowest BCUT2D eigenvalue weighted by atomic mass is 9.78. The Balaban J connectivity index is 1.47. The predicted octanol–water partition coefficient (Wildman–Crippen LogP) is 7.25. The summed E-state index contributed by atoms with van der Waals surface area (Å²) in [5, 5.41) is 0. The summed E-state index contributed by atoms with van der Waals surface area (Å²) >= 11 is 0. The highest BCUT2D eigenvalue weighted by molar-refractivity contribution is 5.89. The lowest BCUT2D eigenvalue weighted by molar-refractivity contribution is 0.374. The first-order chi connectivity index (χ1) is 17.1. The Bertz CT molecular complexity index is 1460. The van der Waals surface area contributed by atoms with Gasteiger partial charge in [0.1, 0.15) is 11.6 Å². The minimum Gasteiger partial charge on any atom is -0.398 e. The van der Waals surface area contributed by atoms with Gasteiger partial charge in [-0.3, -0.25) is 0 Å². The molecule has 2 aromatic heterocycles. The van der Waals surface area contributed by atoms with E-state index in [2.05, 4.69) is 47.8 Å². The number of aromatic amines is 1. The number of pyridine rings is 1. The number of rotatable bonds is 7. The quantitative estimate of drug-likeness (QED) is 0.223. The van der Waals surface area contributed by atoms with Crippen LogP contribution in [-0.2, 0) is 6.42 Å². The second-order valence-electron chi connectivity index (χ2n) is 9.06. The third-order valence-electron chi connectivity index (χ3n) is 6.86. The zero-order valence-electron chi connectivity index (χ0n) is 19.9. The third-order valence-corrected chi connectivity index (χ3v) is 6.86. The molecule has 0 radical (unpaired) electrons. The van der Waals surface area contributed by atoms with Crippen LogP contribution >= 0.6 is 0 Å². The highest BCUT2D eigenvalue weighted by Gasteiger charge is 2.20. The van der Waals surface area contributed by atoms with E-state index in [1.807, 2.05) is 24.3 Å². The summed E-state index contributed by atoms with van der Waals surface area (Å²) in [6.45, 7) is 6.09. The molecular formula is C30H29FN4. The van der Waals surface area contributed by atoms with Gasteiger partial charge in [-0.05, 0) is 83.9 Å². The van der Waals surface area contributed by atoms with Crippen molar-refractivity contribution in [2.24, 2.45) is 5.92 Å². The SMILES string of the molecule is C=C/C(=C\C(=C/C)c1ccc(N)c(Cc2nc3nccc(-c4cccc(F)c4)c3[nH]2)c1)C1CCC1. The van der Waals surface area contributed by atoms with Gasteiger partial charge in [-0.25, -0.2) is 14.4 Å². The van der Waals surface area contributed by atoms with E-state index in [-0.39, 0.29) is 5.82 Å². The maximum Gasteiger partial charge on any atom is 0.178 e. The first kappa shape index (κ1) is 22.8. The summed E-state index contributed by atoms with van der Waals surface area (Å²) in [5.41, 5.74) is 14.7. The van der Waals surface area contributed by atoms with E-state index in [9.17, 15) is 4.39 Å². The summed E-state index contributed by atoms with van der Waals surface area (Å²) in [6.07, 6.45) is 12.4. The number of hydrogen-bond donors (Lipinski definition) is 2. The number of nitrogens with one attached hydrogen (secondary N) is 1. The average Bonchev–Trinajstić information content (AvgIpc) is 3.24. The van der Waals surface area contributed by atoms with Crippen molar-refractivity contribution < 1.29 is 4.39 Å². The summed E-state index contributed by atoms with van der Waals surface area (Å²) in [7, 11) is 0. The fourth-order valence-electron chi connectivity index (χ4n) is 4.66. The Kier molecular flexibility index (Phi) is 6.32. The number of nitrogen functional groups attached to an aromatic ring is 1. The van der Waals surface area contributed by atoms with Crippen molar-refractivity contribution in [3.63, 3.8) is 0 Å². The van der Waals surface area contributed by atoms with E-state index in [1.54, 1.807) is 12.3 Å². The Morgan fingerprint density at radius 1 is 1.20 bits per heavy atom. The Labute approximate surface area is 205 Å². The van der Waals surface area contributed by atoms with Gasteiger partial charge >= 0.3 is 0 Å². The molecule has 2 aromatic carbocycles. The van der Waals surface area contributed by atoms with Crippen LogP contribution in [0.1, 0.15) is 43.1 Å². The monoisotopic (exact) mass is 464 g/mol. The molecule has 3 N–H and O–H groups in total. The van der Waals surface area contributed by atoms with Gasteiger partial charge in [0, 0.05) is 23.9 Å². The first-order valence-corrected chi connectivity index (χ1v) is 12.0. The number of halogens is 1. The molecule has 2 heterocycles. The van der Waals surface area contributed by atoms with Crippen LogP contribution in [0.15, 0.2) is 85.1 Å². The largest absolute Gasteiger partial charge is 0.398 e. The maximum atomic E-state index is 13.8. The molecule has 1 aliphatic rings. The van der Waals surface area contributed by atoms with Crippen LogP contribution in [0.4, 0.5) is 10.1 Å². The Hall–Kier alpha value is -3.99. The van der Waals surface area contributed by atoms with Crippen LogP contribution in [0, 0.1) is 11.7 Å². The standard InChI is InChI=1S/C30H29FN4/c1-3-19(21-7-5-8-21)15-20(4-2)22-11-12-27(32)24(16-22)18-28-34-29-26(13-14-33-30(29)35-28)23-9-6-10-25(31)17-23/h3-4,6,9-17,21H,1,5,7-8,18,32H2,2H3,(H,33,34,35)/b19-15+,20-4+. The minimum atomic E-state index is -0.275. The summed E-state index contributed by atoms with van der Waals surface area (Å²) in [4.78, 5) is 12.5. The number of nitrogens with two attached hydrogens (primary N) is 1. The van der Waals surface area contributed by atoms with E-state index < -0.39 is 0 Å². The molecule has 4 nitrogen and oxygen atoms in total. The number of nitrogens with zero attached hydrogens (tertiary/aromatic N) is 2. The lowest BCUT2D eigenvalue weighted by Crippen LogP contribution is -2.12. The van der Waals surface area contributed by atoms with Crippen LogP contribution in [-0.4, -0.2) is 15.0 Å². The molecule has 4 aromatic rings. The Morgan fingerprint density at radius 2 is 2.06 bits per heavy atom. The number of fused-ring (bicyclic) bond motifs is 1. The van der Waals surface area contributed by atoms with E-state index in [1.165, 1.54) is 37.0 Å². The zero-order chi connectivity index (χ0) is 24.4. The summed E-state index contributed by atoms with van der Waals surface area (Å²) in [5.74, 6) is 1.10. The normalized spacial score (nSPS) is 14.8. The number of hydrogen-bond acceptors (Lipinski definition) is 3. The molecule has 0 aliphatic heterocycles. The maximum absolute atomic E-state index is 13.8. The molecule has 176 valence electrons. The fraction of sp³-hybridized carbons (Fsp3) is 0.200. The van der Waals surface area contributed by atoms with Gasteiger partial charge in [0.25, 0.3) is 0 Å². The number of aromatic nitrogens is 3. The van der Waals surface area contributed by atoms with Crippen molar-refractivity contribution >= 4 is 22.4 Å². The minimum absolute atomic E-state index is 0.275. The molecule has 0 unspecified atom stereocenters. The van der Waals surface area contributed by atoms with Gasteiger partial charge in [-0.1, -0.05) is 49.4 Å². The van der Waals surface area contributed by atoms with E-state index in [4.69, 9.17) is 10.7 Å². The number of H-pyrrole nitrogens is 1. The number of anilines is 1. The van der Waals surface area contributed by atoms with Crippen molar-refractivity contribution in [3.05, 3.63) is 108 Å². The molecule has 5 rings (SSSR count). The van der Waals surface area contributed by atoms with Gasteiger partial charge < -0.3 is 10.7 Å². The molecule has 0 saturated heterocycles. The topological polar surface area (TPSA) is 67.6 Å². The van der Waals surface area contributed by atoms with Crippen molar-refractivity contribution in [2.45, 2.75) is 32.6 Å². The van der Waals surface area contributed by atoms with Gasteiger partial charge in [-0.15, -0.1) is 0 Å². The van der Waals surface area contributed by atoms with Gasteiger partial charge in [0.15, 0.2) is 5.65 Å². The molecule has 1 aliphatic carbocycles. The Morgan fingerprint density at radius 3 is 2.77 bits per heavy atom. The number of benzene rings is 2. The van der Waals surface area contributed by atoms with Gasteiger partial charge in [-0.2, -0.15) is 0 Å². The van der Waals surface area contributed by atoms with Crippen molar-refractivity contribution in [2.75, 3.05) is 5.73 Å². The molecule has 0 spiro atoms. The predicted molar refractivity (Wildman–Crippen MR) is 142 cm³/mol. The molecule has 1 fully saturated rings. The molecule has 35 heavy (non-hydrogen) atoms. The molecule has 0 amide bonds. The van der Waals surface area contributed by atoms with Crippen LogP contribution in [0.2, 0.25) is 0 Å². The smallest absolute Gasteiger partial charge is 0.178 e. The van der Waals surface area contributed by atoms with Crippen molar-refractivity contribution in [1.29, 1.82) is 0 Å². The second-order valence-corrected chi connectivity index (χ2v) is 9.06. The van der Waals surface area contributed by atoms with Crippen LogP contribution in [0.25, 0.3) is 27.9 Å². The second kappa shape index (κ2) is 9.71. The summed E-state index contributed by atoms with van der Waals surface area (Å²) < 4.78 is 13.8. The molecule has 0 atom stereocenters. The zero-order valence-corrected chi connectivity index (χ0v) is 19.9. The van der Waals surface area contributed by atoms with E-state index >= 15 is 0 Å². The molecular weight excluding hydrogens is 435 g/mol.